The van der Waals surface area contributed by atoms with Crippen LogP contribution in [0, 0.1) is 0 Å². The SMILES string of the molecule is CC/C=C\C/C=C\C/C=C\C/C=C\C/C=C\CCCCCC(=O)OCC(COC(=O)CCCCC/C=C\C=C/CCCCCCCCC)OC(=O)CCCCCCCC/C=C\C/C=C\C/C=C\CC. The summed E-state index contributed by atoms with van der Waals surface area (Å²) in [6.07, 6.45) is 77.5. The number of hydrogen-bond donors (Lipinski definition) is 0. The molecule has 0 aliphatic carbocycles. The van der Waals surface area contributed by atoms with Gasteiger partial charge in [-0.05, 0) is 122 Å². The minimum atomic E-state index is -0.814. The molecule has 0 heterocycles. The van der Waals surface area contributed by atoms with Gasteiger partial charge in [-0.3, -0.25) is 14.4 Å². The van der Waals surface area contributed by atoms with Crippen LogP contribution in [0.2, 0.25) is 0 Å². The van der Waals surface area contributed by atoms with E-state index in [1.807, 2.05) is 0 Å². The van der Waals surface area contributed by atoms with E-state index in [9.17, 15) is 14.4 Å². The fourth-order valence-corrected chi connectivity index (χ4v) is 7.30. The highest BCUT2D eigenvalue weighted by molar-refractivity contribution is 5.71. The highest BCUT2D eigenvalue weighted by Crippen LogP contribution is 2.13. The van der Waals surface area contributed by atoms with Gasteiger partial charge in [-0.1, -0.05) is 219 Å². The fourth-order valence-electron chi connectivity index (χ4n) is 7.30. The van der Waals surface area contributed by atoms with E-state index in [0.717, 1.165) is 141 Å². The van der Waals surface area contributed by atoms with Gasteiger partial charge in [-0.25, -0.2) is 0 Å². The van der Waals surface area contributed by atoms with E-state index < -0.39 is 6.10 Å². The number of rotatable bonds is 49. The molecule has 0 aromatic carbocycles. The highest BCUT2D eigenvalue weighted by Gasteiger charge is 2.19. The Kier molecular flexibility index (Phi) is 53.0. The van der Waals surface area contributed by atoms with Crippen molar-refractivity contribution in [1.82, 2.24) is 0 Å². The van der Waals surface area contributed by atoms with Crippen LogP contribution >= 0.6 is 0 Å². The van der Waals surface area contributed by atoms with Gasteiger partial charge in [0.05, 0.1) is 0 Å². The van der Waals surface area contributed by atoms with Crippen LogP contribution in [0.15, 0.2) is 122 Å². The number of hydrogen-bond acceptors (Lipinski definition) is 6. The van der Waals surface area contributed by atoms with Crippen molar-refractivity contribution in [2.24, 2.45) is 0 Å². The van der Waals surface area contributed by atoms with Crippen LogP contribution < -0.4 is 0 Å². The first-order chi connectivity index (χ1) is 34.0. The Balaban J connectivity index is 4.53. The predicted molar refractivity (Wildman–Crippen MR) is 297 cm³/mol. The van der Waals surface area contributed by atoms with Crippen LogP contribution in [0.4, 0.5) is 0 Å². The largest absolute Gasteiger partial charge is 0.462 e. The van der Waals surface area contributed by atoms with Gasteiger partial charge in [-0.15, -0.1) is 0 Å². The average molecular weight is 956 g/mol. The summed E-state index contributed by atoms with van der Waals surface area (Å²) >= 11 is 0. The Labute approximate surface area is 424 Å². The van der Waals surface area contributed by atoms with Crippen molar-refractivity contribution in [1.29, 1.82) is 0 Å². The normalized spacial score (nSPS) is 13.0. The molecule has 69 heavy (non-hydrogen) atoms. The van der Waals surface area contributed by atoms with Crippen molar-refractivity contribution in [2.45, 2.75) is 245 Å². The summed E-state index contributed by atoms with van der Waals surface area (Å²) in [6.45, 7) is 6.34. The lowest BCUT2D eigenvalue weighted by Crippen LogP contribution is -2.30. The van der Waals surface area contributed by atoms with E-state index in [2.05, 4.69) is 142 Å². The minimum Gasteiger partial charge on any atom is -0.462 e. The van der Waals surface area contributed by atoms with Gasteiger partial charge in [0.25, 0.3) is 0 Å². The number of esters is 3. The highest BCUT2D eigenvalue weighted by atomic mass is 16.6. The lowest BCUT2D eigenvalue weighted by Gasteiger charge is -2.18. The molecule has 0 saturated carbocycles. The fraction of sp³-hybridized carbons (Fsp3) is 0.635. The van der Waals surface area contributed by atoms with E-state index in [0.29, 0.717) is 19.3 Å². The second kappa shape index (κ2) is 56.4. The maximum Gasteiger partial charge on any atom is 0.306 e. The molecule has 0 spiro atoms. The smallest absolute Gasteiger partial charge is 0.306 e. The van der Waals surface area contributed by atoms with Crippen molar-refractivity contribution < 1.29 is 28.6 Å². The molecule has 0 bridgehead atoms. The van der Waals surface area contributed by atoms with Crippen molar-refractivity contribution in [3.8, 4) is 0 Å². The van der Waals surface area contributed by atoms with Gasteiger partial charge in [0.2, 0.25) is 0 Å². The van der Waals surface area contributed by atoms with E-state index in [4.69, 9.17) is 14.2 Å². The van der Waals surface area contributed by atoms with E-state index in [1.54, 1.807) is 0 Å². The van der Waals surface area contributed by atoms with Crippen LogP contribution in [-0.4, -0.2) is 37.2 Å². The van der Waals surface area contributed by atoms with Crippen molar-refractivity contribution in [2.75, 3.05) is 13.2 Å². The molecule has 6 heteroatoms. The Bertz CT molecular complexity index is 1470. The maximum absolute atomic E-state index is 12.8. The Hall–Kier alpha value is -4.19. The van der Waals surface area contributed by atoms with Crippen LogP contribution in [0.5, 0.6) is 0 Å². The zero-order valence-corrected chi connectivity index (χ0v) is 44.5. The summed E-state index contributed by atoms with van der Waals surface area (Å²) in [5.41, 5.74) is 0. The Morgan fingerprint density at radius 3 is 0.986 bits per heavy atom. The molecule has 0 fully saturated rings. The molecule has 0 aromatic rings. The van der Waals surface area contributed by atoms with E-state index in [1.165, 1.54) is 57.8 Å². The van der Waals surface area contributed by atoms with Crippen molar-refractivity contribution in [3.63, 3.8) is 0 Å². The summed E-state index contributed by atoms with van der Waals surface area (Å²) in [7, 11) is 0. The average Bonchev–Trinajstić information content (AvgIpc) is 3.35. The molecule has 1 atom stereocenters. The van der Waals surface area contributed by atoms with E-state index in [-0.39, 0.29) is 31.1 Å². The lowest BCUT2D eigenvalue weighted by atomic mass is 10.1. The van der Waals surface area contributed by atoms with Crippen LogP contribution in [0.1, 0.15) is 239 Å². The number of unbranched alkanes of at least 4 members (excludes halogenated alkanes) is 19. The van der Waals surface area contributed by atoms with Crippen LogP contribution in [0.3, 0.4) is 0 Å². The Morgan fingerprint density at radius 1 is 0.319 bits per heavy atom. The molecule has 0 rings (SSSR count). The minimum absolute atomic E-state index is 0.111. The molecule has 6 nitrogen and oxygen atoms in total. The number of carbonyl (C=O) groups is 3. The van der Waals surface area contributed by atoms with E-state index >= 15 is 0 Å². The number of ether oxygens (including phenoxy) is 3. The number of allylic oxidation sites excluding steroid dienone is 20. The molecule has 0 saturated heterocycles. The summed E-state index contributed by atoms with van der Waals surface area (Å²) in [4.78, 5) is 38.1. The monoisotopic (exact) mass is 955 g/mol. The number of carbonyl (C=O) groups excluding carboxylic acids is 3. The Morgan fingerprint density at radius 2 is 0.609 bits per heavy atom. The summed E-state index contributed by atoms with van der Waals surface area (Å²) < 4.78 is 16.8. The third-order valence-corrected chi connectivity index (χ3v) is 11.5. The molecule has 0 aromatic heterocycles. The molecule has 0 amide bonds. The van der Waals surface area contributed by atoms with Crippen LogP contribution in [-0.2, 0) is 28.6 Å². The van der Waals surface area contributed by atoms with Gasteiger partial charge in [-0.2, -0.15) is 0 Å². The third kappa shape index (κ3) is 54.6. The molecule has 0 aliphatic heterocycles. The summed E-state index contributed by atoms with van der Waals surface area (Å²) in [5, 5.41) is 0. The zero-order valence-electron chi connectivity index (χ0n) is 44.5. The topological polar surface area (TPSA) is 78.9 Å². The zero-order chi connectivity index (χ0) is 50.0. The molecule has 390 valence electrons. The molecular weight excluding hydrogens is 853 g/mol. The lowest BCUT2D eigenvalue weighted by molar-refractivity contribution is -0.167. The first-order valence-corrected chi connectivity index (χ1v) is 28.1. The summed E-state index contributed by atoms with van der Waals surface area (Å²) in [6, 6.07) is 0. The second-order valence-corrected chi connectivity index (χ2v) is 18.1. The molecule has 0 N–H and O–H groups in total. The van der Waals surface area contributed by atoms with Gasteiger partial charge in [0.1, 0.15) is 13.2 Å². The molecule has 0 radical (unpaired) electrons. The van der Waals surface area contributed by atoms with Crippen molar-refractivity contribution >= 4 is 17.9 Å². The molecule has 1 unspecified atom stereocenters. The first-order valence-electron chi connectivity index (χ1n) is 28.1. The molecule has 0 aliphatic rings. The predicted octanol–water partition coefficient (Wildman–Crippen LogP) is 18.9. The summed E-state index contributed by atoms with van der Waals surface area (Å²) in [5.74, 6) is -0.984. The third-order valence-electron chi connectivity index (χ3n) is 11.5. The second-order valence-electron chi connectivity index (χ2n) is 18.1. The van der Waals surface area contributed by atoms with Crippen molar-refractivity contribution in [3.05, 3.63) is 122 Å². The van der Waals surface area contributed by atoms with Gasteiger partial charge < -0.3 is 14.2 Å². The maximum atomic E-state index is 12.8. The van der Waals surface area contributed by atoms with Gasteiger partial charge in [0.15, 0.2) is 6.10 Å². The first kappa shape index (κ1) is 64.8. The van der Waals surface area contributed by atoms with Gasteiger partial charge >= 0.3 is 17.9 Å². The quantitative estimate of drug-likeness (QED) is 0.0199. The van der Waals surface area contributed by atoms with Crippen LogP contribution in [0.25, 0.3) is 0 Å². The van der Waals surface area contributed by atoms with Gasteiger partial charge in [0, 0.05) is 19.3 Å². The molecular formula is C63H102O6. The standard InChI is InChI=1S/C63H102O6/c1-4-7-10-13-16-19-22-25-28-31-32-33-36-38-41-44-47-50-53-56-62(65)68-59-60(69-63(66)57-54-51-48-45-42-39-35-30-27-24-21-18-15-12-9-6-3)58-67-61(64)55-52-49-46-43-40-37-34-29-26-23-20-17-14-11-8-5-2/h7,9-10,12,16,18-19,21,25,27-30,32-34,37-38,40-41,60H,4-6,8,11,13-15,17,20,22-24,26,31,35-36,39,42-59H2,1-3H3/b10-7-,12-9-,19-16-,21-18-,28-25-,30-27-,33-32-,34-29-,40-37-,41-38-.